The van der Waals surface area contributed by atoms with Gasteiger partial charge in [0.25, 0.3) is 0 Å². The maximum atomic E-state index is 13.8. The Bertz CT molecular complexity index is 551. The van der Waals surface area contributed by atoms with E-state index in [2.05, 4.69) is 26.2 Å². The van der Waals surface area contributed by atoms with Crippen LogP contribution in [0.15, 0.2) is 28.9 Å². The SMILES string of the molecule is CNCCc1c(Br)nc(-c2ccccc2F)n1C. The molecule has 1 N–H and O–H groups in total. The first kappa shape index (κ1) is 13.2. The molecule has 0 aliphatic carbocycles. The van der Waals surface area contributed by atoms with Crippen LogP contribution in [-0.4, -0.2) is 23.1 Å². The first-order chi connectivity index (χ1) is 8.65. The molecule has 1 aromatic heterocycles. The van der Waals surface area contributed by atoms with Gasteiger partial charge in [-0.05, 0) is 35.1 Å². The Hall–Kier alpha value is -1.20. The molecule has 3 nitrogen and oxygen atoms in total. The number of aromatic nitrogens is 2. The molecule has 1 heterocycles. The lowest BCUT2D eigenvalue weighted by Crippen LogP contribution is -2.12. The topological polar surface area (TPSA) is 29.9 Å². The summed E-state index contributed by atoms with van der Waals surface area (Å²) in [6.45, 7) is 0.856. The molecule has 96 valence electrons. The Morgan fingerprint density at radius 2 is 2.11 bits per heavy atom. The summed E-state index contributed by atoms with van der Waals surface area (Å²) in [7, 11) is 3.81. The lowest BCUT2D eigenvalue weighted by Gasteiger charge is -2.06. The van der Waals surface area contributed by atoms with Crippen LogP contribution >= 0.6 is 15.9 Å². The fourth-order valence-electron chi connectivity index (χ4n) is 1.90. The van der Waals surface area contributed by atoms with Crippen molar-refractivity contribution in [2.75, 3.05) is 13.6 Å². The Labute approximate surface area is 114 Å². The molecule has 0 unspecified atom stereocenters. The smallest absolute Gasteiger partial charge is 0.144 e. The molecule has 0 saturated heterocycles. The lowest BCUT2D eigenvalue weighted by molar-refractivity contribution is 0.628. The van der Waals surface area contributed by atoms with Crippen LogP contribution in [0.1, 0.15) is 5.69 Å². The Morgan fingerprint density at radius 3 is 2.78 bits per heavy atom. The van der Waals surface area contributed by atoms with Gasteiger partial charge in [0.1, 0.15) is 16.2 Å². The maximum Gasteiger partial charge on any atom is 0.144 e. The van der Waals surface area contributed by atoms with Crippen molar-refractivity contribution in [2.45, 2.75) is 6.42 Å². The highest BCUT2D eigenvalue weighted by Crippen LogP contribution is 2.26. The van der Waals surface area contributed by atoms with E-state index >= 15 is 0 Å². The van der Waals surface area contributed by atoms with Crippen molar-refractivity contribution in [1.29, 1.82) is 0 Å². The number of imidazole rings is 1. The summed E-state index contributed by atoms with van der Waals surface area (Å²) in [5.41, 5.74) is 1.58. The minimum Gasteiger partial charge on any atom is -0.330 e. The van der Waals surface area contributed by atoms with Gasteiger partial charge in [0.15, 0.2) is 0 Å². The highest BCUT2D eigenvalue weighted by molar-refractivity contribution is 9.10. The van der Waals surface area contributed by atoms with Crippen molar-refractivity contribution in [1.82, 2.24) is 14.9 Å². The molecule has 0 saturated carbocycles. The molecule has 0 radical (unpaired) electrons. The van der Waals surface area contributed by atoms with Crippen LogP contribution in [0.3, 0.4) is 0 Å². The third-order valence-electron chi connectivity index (χ3n) is 2.89. The van der Waals surface area contributed by atoms with Crippen LogP contribution in [0, 0.1) is 5.82 Å². The van der Waals surface area contributed by atoms with Gasteiger partial charge in [-0.3, -0.25) is 0 Å². The highest BCUT2D eigenvalue weighted by Gasteiger charge is 2.15. The Balaban J connectivity index is 2.44. The molecule has 0 aliphatic rings. The highest BCUT2D eigenvalue weighted by atomic mass is 79.9. The zero-order valence-electron chi connectivity index (χ0n) is 10.4. The second-order valence-corrected chi connectivity index (χ2v) is 4.82. The number of nitrogens with one attached hydrogen (secondary N) is 1. The summed E-state index contributed by atoms with van der Waals surface area (Å²) in [6, 6.07) is 6.68. The number of hydrogen-bond acceptors (Lipinski definition) is 2. The van der Waals surface area contributed by atoms with E-state index in [0.29, 0.717) is 11.4 Å². The standard InChI is InChI=1S/C13H15BrFN3/c1-16-8-7-11-12(14)17-13(18(11)2)9-5-3-4-6-10(9)15/h3-6,16H,7-8H2,1-2H3. The molecule has 0 bridgehead atoms. The molecule has 0 fully saturated rings. The fraction of sp³-hybridized carbons (Fsp3) is 0.308. The monoisotopic (exact) mass is 311 g/mol. The summed E-state index contributed by atoms with van der Waals surface area (Å²) in [5.74, 6) is 0.393. The molecule has 0 spiro atoms. The van der Waals surface area contributed by atoms with Crippen LogP contribution in [0.5, 0.6) is 0 Å². The van der Waals surface area contributed by atoms with Gasteiger partial charge < -0.3 is 9.88 Å². The number of hydrogen-bond donors (Lipinski definition) is 1. The summed E-state index contributed by atoms with van der Waals surface area (Å²) in [4.78, 5) is 4.41. The first-order valence-corrected chi connectivity index (χ1v) is 6.55. The molecule has 18 heavy (non-hydrogen) atoms. The van der Waals surface area contributed by atoms with E-state index in [-0.39, 0.29) is 5.82 Å². The molecule has 0 aliphatic heterocycles. The lowest BCUT2D eigenvalue weighted by atomic mass is 10.2. The molecule has 0 amide bonds. The van der Waals surface area contributed by atoms with Gasteiger partial charge in [-0.15, -0.1) is 0 Å². The summed E-state index contributed by atoms with van der Waals surface area (Å²) in [6.07, 6.45) is 0.842. The second kappa shape index (κ2) is 5.63. The minimum absolute atomic E-state index is 0.252. The van der Waals surface area contributed by atoms with E-state index in [4.69, 9.17) is 0 Å². The van der Waals surface area contributed by atoms with E-state index < -0.39 is 0 Å². The molecule has 0 atom stereocenters. The predicted molar refractivity (Wildman–Crippen MR) is 73.9 cm³/mol. The van der Waals surface area contributed by atoms with Crippen LogP contribution in [0.2, 0.25) is 0 Å². The first-order valence-electron chi connectivity index (χ1n) is 5.75. The van der Waals surface area contributed by atoms with Crippen LogP contribution in [0.25, 0.3) is 11.4 Å². The van der Waals surface area contributed by atoms with Crippen molar-refractivity contribution >= 4 is 15.9 Å². The van der Waals surface area contributed by atoms with E-state index in [9.17, 15) is 4.39 Å². The van der Waals surface area contributed by atoms with Gasteiger partial charge in [0.05, 0.1) is 11.3 Å². The van der Waals surface area contributed by atoms with Crippen LogP contribution < -0.4 is 5.32 Å². The zero-order chi connectivity index (χ0) is 13.1. The molecular weight excluding hydrogens is 297 g/mol. The van der Waals surface area contributed by atoms with Crippen molar-refractivity contribution in [2.24, 2.45) is 7.05 Å². The normalized spacial score (nSPS) is 10.9. The number of benzene rings is 1. The maximum absolute atomic E-state index is 13.8. The van der Waals surface area contributed by atoms with Gasteiger partial charge in [0, 0.05) is 20.0 Å². The van der Waals surface area contributed by atoms with Crippen molar-refractivity contribution in [3.8, 4) is 11.4 Å². The van der Waals surface area contributed by atoms with E-state index in [0.717, 1.165) is 23.3 Å². The minimum atomic E-state index is -0.252. The number of halogens is 2. The van der Waals surface area contributed by atoms with E-state index in [1.807, 2.05) is 24.7 Å². The number of likely N-dealkylation sites (N-methyl/N-ethyl adjacent to an activating group) is 1. The van der Waals surface area contributed by atoms with Gasteiger partial charge in [-0.1, -0.05) is 12.1 Å². The molecular formula is C13H15BrFN3. The Kier molecular flexibility index (Phi) is 4.14. The van der Waals surface area contributed by atoms with Crippen molar-refractivity contribution in [3.63, 3.8) is 0 Å². The van der Waals surface area contributed by atoms with Crippen LogP contribution in [0.4, 0.5) is 4.39 Å². The summed E-state index contributed by atoms with van der Waals surface area (Å²) >= 11 is 3.44. The predicted octanol–water partition coefficient (Wildman–Crippen LogP) is 2.75. The van der Waals surface area contributed by atoms with Gasteiger partial charge in [-0.2, -0.15) is 0 Å². The van der Waals surface area contributed by atoms with E-state index in [1.165, 1.54) is 6.07 Å². The average molecular weight is 312 g/mol. The van der Waals surface area contributed by atoms with Gasteiger partial charge in [-0.25, -0.2) is 9.37 Å². The van der Waals surface area contributed by atoms with Crippen LogP contribution in [-0.2, 0) is 13.5 Å². The number of rotatable bonds is 4. The molecule has 2 aromatic rings. The zero-order valence-corrected chi connectivity index (χ0v) is 12.0. The average Bonchev–Trinajstić information content (AvgIpc) is 2.63. The molecule has 2 rings (SSSR count). The van der Waals surface area contributed by atoms with Crippen molar-refractivity contribution in [3.05, 3.63) is 40.4 Å². The number of nitrogens with zero attached hydrogens (tertiary/aromatic N) is 2. The summed E-state index contributed by atoms with van der Waals surface area (Å²) in [5, 5.41) is 3.10. The quantitative estimate of drug-likeness (QED) is 0.941. The second-order valence-electron chi connectivity index (χ2n) is 4.07. The molecule has 1 aromatic carbocycles. The molecule has 5 heteroatoms. The van der Waals surface area contributed by atoms with Gasteiger partial charge >= 0.3 is 0 Å². The largest absolute Gasteiger partial charge is 0.330 e. The van der Waals surface area contributed by atoms with Crippen molar-refractivity contribution < 1.29 is 4.39 Å². The third kappa shape index (κ3) is 2.47. The van der Waals surface area contributed by atoms with Gasteiger partial charge in [0.2, 0.25) is 0 Å². The Morgan fingerprint density at radius 1 is 1.39 bits per heavy atom. The summed E-state index contributed by atoms with van der Waals surface area (Å²) < 4.78 is 16.5. The van der Waals surface area contributed by atoms with E-state index in [1.54, 1.807) is 12.1 Å². The third-order valence-corrected chi connectivity index (χ3v) is 3.53. The fourth-order valence-corrected chi connectivity index (χ4v) is 2.53.